The number of hydrogen-bond acceptors (Lipinski definition) is 5. The van der Waals surface area contributed by atoms with E-state index >= 15 is 0 Å². The maximum atomic E-state index is 9.15. The van der Waals surface area contributed by atoms with Gasteiger partial charge in [0.2, 0.25) is 0 Å². The molecule has 0 aliphatic heterocycles. The van der Waals surface area contributed by atoms with Crippen LogP contribution in [0.15, 0.2) is 82.8 Å². The predicted octanol–water partition coefficient (Wildman–Crippen LogP) is 3.81. The number of para-hydroxylation sites is 2. The second kappa shape index (κ2) is 12.5. The van der Waals surface area contributed by atoms with E-state index in [1.54, 1.807) is 55.6 Å². The predicted molar refractivity (Wildman–Crippen MR) is 135 cm³/mol. The zero-order valence-electron chi connectivity index (χ0n) is 17.4. The molecule has 32 heavy (non-hydrogen) atoms. The van der Waals surface area contributed by atoms with Gasteiger partial charge in [-0.25, -0.2) is 9.98 Å². The van der Waals surface area contributed by atoms with E-state index in [4.69, 9.17) is 38.9 Å². The Balaban J connectivity index is 0.000000258. The van der Waals surface area contributed by atoms with E-state index in [0.717, 1.165) is 22.6 Å². The largest absolute Gasteiger partial charge is 0.508 e. The molecule has 0 amide bonds. The summed E-state index contributed by atoms with van der Waals surface area (Å²) < 4.78 is 5.07. The summed E-state index contributed by atoms with van der Waals surface area (Å²) in [6.07, 6.45) is 2.63. The van der Waals surface area contributed by atoms with Crippen molar-refractivity contribution in [3.05, 3.63) is 83.9 Å². The maximum absolute atomic E-state index is 9.15. The Labute approximate surface area is 191 Å². The molecule has 8 nitrogen and oxygen atoms in total. The number of hydrogen-bond donors (Lipinski definition) is 5. The van der Waals surface area contributed by atoms with Crippen molar-refractivity contribution in [2.24, 2.45) is 21.5 Å². The molecule has 0 bridgehead atoms. The number of phenols is 1. The van der Waals surface area contributed by atoms with Crippen LogP contribution >= 0.6 is 12.2 Å². The van der Waals surface area contributed by atoms with Crippen molar-refractivity contribution >= 4 is 47.1 Å². The van der Waals surface area contributed by atoms with Crippen LogP contribution < -0.4 is 21.5 Å². The lowest BCUT2D eigenvalue weighted by Crippen LogP contribution is -2.19. The highest BCUT2D eigenvalue weighted by molar-refractivity contribution is 7.80. The zero-order chi connectivity index (χ0) is 23.3. The van der Waals surface area contributed by atoms with Gasteiger partial charge in [0, 0.05) is 11.8 Å². The van der Waals surface area contributed by atoms with Gasteiger partial charge >= 0.3 is 0 Å². The molecule has 0 aliphatic carbocycles. The number of aromatic hydroxyl groups is 1. The summed E-state index contributed by atoms with van der Waals surface area (Å²) in [6, 6.07) is 21.1. The Kier molecular flexibility index (Phi) is 9.35. The minimum absolute atomic E-state index is 0.193. The van der Waals surface area contributed by atoms with Crippen molar-refractivity contribution in [3.63, 3.8) is 0 Å². The Bertz CT molecular complexity index is 1100. The molecule has 9 heteroatoms. The number of rotatable bonds is 6. The standard InChI is InChI=1S/C15H14N4O.C8H10N2OS/c16-9-11-1-3-12(4-2-11)15(17)19-10-18-13-5-7-14(20)8-6-13;1-11-7-5-3-2-4-6(7)10-8(9)12/h1-10,16,20H,(H2,17,18,19);2-5H,1H3,(H3,9,10,12). The summed E-state index contributed by atoms with van der Waals surface area (Å²) in [5.74, 6) is 1.27. The molecule has 7 N–H and O–H groups in total. The zero-order valence-corrected chi connectivity index (χ0v) is 18.2. The number of nitrogens with one attached hydrogen (secondary N) is 2. The van der Waals surface area contributed by atoms with Gasteiger partial charge in [-0.05, 0) is 54.2 Å². The fourth-order valence-electron chi connectivity index (χ4n) is 2.40. The SMILES string of the molecule is COc1ccccc1NC(N)=S.N=Cc1ccc(C(N)=NC=Nc2ccc(O)cc2)cc1. The first-order valence-electron chi connectivity index (χ1n) is 9.38. The molecular formula is C23H24N6O2S. The van der Waals surface area contributed by atoms with Gasteiger partial charge in [0.1, 0.15) is 23.7 Å². The second-order valence-electron chi connectivity index (χ2n) is 6.23. The van der Waals surface area contributed by atoms with Crippen molar-refractivity contribution in [2.45, 2.75) is 0 Å². The number of anilines is 1. The number of benzene rings is 3. The average molecular weight is 449 g/mol. The van der Waals surface area contributed by atoms with Gasteiger partial charge in [-0.1, -0.05) is 36.4 Å². The van der Waals surface area contributed by atoms with Crippen LogP contribution in [0.2, 0.25) is 0 Å². The van der Waals surface area contributed by atoms with E-state index in [-0.39, 0.29) is 10.9 Å². The van der Waals surface area contributed by atoms with Crippen molar-refractivity contribution < 1.29 is 9.84 Å². The third-order valence-corrected chi connectivity index (χ3v) is 4.09. The lowest BCUT2D eigenvalue weighted by atomic mass is 10.1. The Hall–Kier alpha value is -4.24. The third-order valence-electron chi connectivity index (χ3n) is 3.99. The van der Waals surface area contributed by atoms with Crippen molar-refractivity contribution in [3.8, 4) is 11.5 Å². The van der Waals surface area contributed by atoms with Gasteiger partial charge in [-0.15, -0.1) is 0 Å². The van der Waals surface area contributed by atoms with Crippen LogP contribution in [0.1, 0.15) is 11.1 Å². The number of ether oxygens (including phenoxy) is 1. The molecule has 0 saturated carbocycles. The first kappa shape index (κ1) is 24.0. The lowest BCUT2D eigenvalue weighted by Gasteiger charge is -2.08. The highest BCUT2D eigenvalue weighted by atomic mass is 32.1. The molecule has 0 aliphatic rings. The number of aliphatic imine (C=N–C) groups is 2. The van der Waals surface area contributed by atoms with Crippen LogP contribution in [-0.4, -0.2) is 35.7 Å². The summed E-state index contributed by atoms with van der Waals surface area (Å²) in [7, 11) is 1.60. The molecule has 0 radical (unpaired) electrons. The molecule has 3 rings (SSSR count). The number of amidine groups is 1. The molecule has 0 heterocycles. The highest BCUT2D eigenvalue weighted by Gasteiger charge is 2.00. The lowest BCUT2D eigenvalue weighted by molar-refractivity contribution is 0.417. The molecule has 0 aromatic heterocycles. The van der Waals surface area contributed by atoms with E-state index in [0.29, 0.717) is 11.5 Å². The molecular weight excluding hydrogens is 424 g/mol. The molecule has 164 valence electrons. The fraction of sp³-hybridized carbons (Fsp3) is 0.0435. The van der Waals surface area contributed by atoms with E-state index in [1.165, 1.54) is 12.6 Å². The van der Waals surface area contributed by atoms with Crippen LogP contribution in [0.3, 0.4) is 0 Å². The summed E-state index contributed by atoms with van der Waals surface area (Å²) in [5.41, 5.74) is 14.2. The van der Waals surface area contributed by atoms with Crippen molar-refractivity contribution in [1.29, 1.82) is 5.41 Å². The minimum Gasteiger partial charge on any atom is -0.508 e. The van der Waals surface area contributed by atoms with Crippen LogP contribution in [0.4, 0.5) is 11.4 Å². The van der Waals surface area contributed by atoms with Gasteiger partial charge in [0.05, 0.1) is 18.5 Å². The summed E-state index contributed by atoms with van der Waals surface area (Å²) in [6.45, 7) is 0. The normalized spacial score (nSPS) is 10.7. The Morgan fingerprint density at radius 3 is 2.28 bits per heavy atom. The topological polar surface area (TPSA) is 142 Å². The van der Waals surface area contributed by atoms with Crippen LogP contribution in [0.25, 0.3) is 0 Å². The molecule has 0 fully saturated rings. The first-order valence-corrected chi connectivity index (χ1v) is 9.79. The summed E-state index contributed by atoms with van der Waals surface area (Å²) in [4.78, 5) is 8.16. The van der Waals surface area contributed by atoms with Gasteiger partial charge < -0.3 is 32.0 Å². The van der Waals surface area contributed by atoms with Gasteiger partial charge in [0.15, 0.2) is 5.11 Å². The van der Waals surface area contributed by atoms with E-state index in [9.17, 15) is 0 Å². The monoisotopic (exact) mass is 448 g/mol. The maximum Gasteiger partial charge on any atom is 0.168 e. The highest BCUT2D eigenvalue weighted by Crippen LogP contribution is 2.22. The van der Waals surface area contributed by atoms with E-state index in [1.807, 2.05) is 24.3 Å². The smallest absolute Gasteiger partial charge is 0.168 e. The van der Waals surface area contributed by atoms with Gasteiger partial charge in [-0.2, -0.15) is 0 Å². The van der Waals surface area contributed by atoms with E-state index < -0.39 is 0 Å². The third kappa shape index (κ3) is 7.88. The minimum atomic E-state index is 0.193. The molecule has 3 aromatic rings. The summed E-state index contributed by atoms with van der Waals surface area (Å²) >= 11 is 4.70. The average Bonchev–Trinajstić information content (AvgIpc) is 2.81. The molecule has 0 unspecified atom stereocenters. The second-order valence-corrected chi connectivity index (χ2v) is 6.67. The van der Waals surface area contributed by atoms with E-state index in [2.05, 4.69) is 15.3 Å². The Morgan fingerprint density at radius 2 is 1.69 bits per heavy atom. The van der Waals surface area contributed by atoms with Gasteiger partial charge in [0.25, 0.3) is 0 Å². The molecule has 0 atom stereocenters. The van der Waals surface area contributed by atoms with Crippen LogP contribution in [0.5, 0.6) is 11.5 Å². The first-order chi connectivity index (χ1) is 15.4. The number of nitrogens with zero attached hydrogens (tertiary/aromatic N) is 2. The Morgan fingerprint density at radius 1 is 1.03 bits per heavy atom. The van der Waals surface area contributed by atoms with Crippen molar-refractivity contribution in [1.82, 2.24) is 0 Å². The van der Waals surface area contributed by atoms with Gasteiger partial charge in [-0.3, -0.25) is 0 Å². The van der Waals surface area contributed by atoms with Crippen molar-refractivity contribution in [2.75, 3.05) is 12.4 Å². The number of thiocarbonyl (C=S) groups is 1. The van der Waals surface area contributed by atoms with Crippen LogP contribution in [0, 0.1) is 5.41 Å². The number of methoxy groups -OCH3 is 1. The fourth-order valence-corrected chi connectivity index (χ4v) is 2.51. The number of nitrogens with two attached hydrogens (primary N) is 2. The quantitative estimate of drug-likeness (QED) is 0.220. The molecule has 3 aromatic carbocycles. The summed E-state index contributed by atoms with van der Waals surface area (Å²) in [5, 5.41) is 19.3. The van der Waals surface area contributed by atoms with Crippen LogP contribution in [-0.2, 0) is 0 Å². The molecule has 0 saturated heterocycles. The number of phenolic OH excluding ortho intramolecular Hbond substituents is 1. The molecule has 0 spiro atoms.